The van der Waals surface area contributed by atoms with Crippen molar-refractivity contribution in [1.82, 2.24) is 14.5 Å². The molecule has 0 saturated heterocycles. The second-order valence-electron chi connectivity index (χ2n) is 7.65. The Morgan fingerprint density at radius 3 is 2.36 bits per heavy atom. The summed E-state index contributed by atoms with van der Waals surface area (Å²) in [4.78, 5) is 12.1. The van der Waals surface area contributed by atoms with Gasteiger partial charge < -0.3 is 9.47 Å². The lowest BCUT2D eigenvalue weighted by Gasteiger charge is -2.24. The van der Waals surface area contributed by atoms with Crippen LogP contribution in [0.25, 0.3) is 11.0 Å². The standard InChI is InChI=1S/C23H31BrN4/c1-7-18(8-2)28-13-12-19-16(6)25-23(26-22(19)28)27(9-3)21-11-10-17(15(4)5)14-20(21)24/h10-15,18H,7-9H2,1-6H3. The molecule has 0 N–H and O–H groups in total. The molecule has 0 unspecified atom stereocenters. The molecule has 1 aromatic carbocycles. The summed E-state index contributed by atoms with van der Waals surface area (Å²) >= 11 is 3.77. The van der Waals surface area contributed by atoms with Gasteiger partial charge >= 0.3 is 0 Å². The van der Waals surface area contributed by atoms with Gasteiger partial charge in [-0.2, -0.15) is 4.98 Å². The zero-order chi connectivity index (χ0) is 20.4. The van der Waals surface area contributed by atoms with E-state index >= 15 is 0 Å². The zero-order valence-corrected chi connectivity index (χ0v) is 19.4. The van der Waals surface area contributed by atoms with Crippen LogP contribution >= 0.6 is 15.9 Å². The number of rotatable bonds is 7. The highest BCUT2D eigenvalue weighted by atomic mass is 79.9. The molecule has 2 heterocycles. The molecule has 5 heteroatoms. The number of nitrogens with zero attached hydrogens (tertiary/aromatic N) is 4. The Morgan fingerprint density at radius 2 is 1.79 bits per heavy atom. The molecule has 3 aromatic rings. The smallest absolute Gasteiger partial charge is 0.232 e. The molecule has 0 aliphatic carbocycles. The highest BCUT2D eigenvalue weighted by molar-refractivity contribution is 9.10. The number of benzene rings is 1. The number of halogens is 1. The Hall–Kier alpha value is -1.88. The first-order valence-corrected chi connectivity index (χ1v) is 11.1. The lowest BCUT2D eigenvalue weighted by Crippen LogP contribution is -2.20. The first kappa shape index (κ1) is 20.8. The maximum absolute atomic E-state index is 5.02. The lowest BCUT2D eigenvalue weighted by atomic mass is 10.0. The minimum Gasteiger partial charge on any atom is -0.329 e. The minimum absolute atomic E-state index is 0.465. The summed E-state index contributed by atoms with van der Waals surface area (Å²) in [5.74, 6) is 1.26. The van der Waals surface area contributed by atoms with Crippen molar-refractivity contribution in [2.45, 2.75) is 66.3 Å². The molecule has 0 atom stereocenters. The van der Waals surface area contributed by atoms with Gasteiger partial charge in [0.15, 0.2) is 0 Å². The van der Waals surface area contributed by atoms with Gasteiger partial charge in [-0.15, -0.1) is 0 Å². The summed E-state index contributed by atoms with van der Waals surface area (Å²) in [6, 6.07) is 9.20. The molecule has 0 saturated carbocycles. The predicted octanol–water partition coefficient (Wildman–Crippen LogP) is 7.14. The molecule has 28 heavy (non-hydrogen) atoms. The van der Waals surface area contributed by atoms with E-state index < -0.39 is 0 Å². The van der Waals surface area contributed by atoms with Crippen molar-refractivity contribution in [2.75, 3.05) is 11.4 Å². The molecule has 0 aliphatic heterocycles. The van der Waals surface area contributed by atoms with Crippen LogP contribution in [0, 0.1) is 6.92 Å². The summed E-state index contributed by atoms with van der Waals surface area (Å²) in [7, 11) is 0. The summed E-state index contributed by atoms with van der Waals surface area (Å²) in [5, 5.41) is 1.14. The molecule has 0 spiro atoms. The summed E-state index contributed by atoms with van der Waals surface area (Å²) in [6.07, 6.45) is 4.36. The summed E-state index contributed by atoms with van der Waals surface area (Å²) in [5.41, 5.74) is 4.48. The van der Waals surface area contributed by atoms with E-state index in [1.54, 1.807) is 0 Å². The van der Waals surface area contributed by atoms with Gasteiger partial charge in [0, 0.05) is 28.6 Å². The maximum Gasteiger partial charge on any atom is 0.232 e. The fourth-order valence-electron chi connectivity index (χ4n) is 3.79. The van der Waals surface area contributed by atoms with Crippen LogP contribution in [-0.4, -0.2) is 21.1 Å². The molecule has 0 bridgehead atoms. The van der Waals surface area contributed by atoms with Gasteiger partial charge in [0.05, 0.1) is 11.4 Å². The SMILES string of the molecule is CCC(CC)n1ccc2c(C)nc(N(CC)c3ccc(C(C)C)cc3Br)nc21. The van der Waals surface area contributed by atoms with Crippen LogP contribution in [-0.2, 0) is 0 Å². The fourth-order valence-corrected chi connectivity index (χ4v) is 4.40. The molecule has 4 nitrogen and oxygen atoms in total. The van der Waals surface area contributed by atoms with Crippen molar-refractivity contribution in [3.05, 3.63) is 46.2 Å². The monoisotopic (exact) mass is 442 g/mol. The van der Waals surface area contributed by atoms with Gasteiger partial charge in [-0.1, -0.05) is 33.8 Å². The van der Waals surface area contributed by atoms with Crippen LogP contribution in [0.2, 0.25) is 0 Å². The van der Waals surface area contributed by atoms with E-state index in [1.807, 2.05) is 0 Å². The second kappa shape index (κ2) is 8.64. The quantitative estimate of drug-likeness (QED) is 0.389. The maximum atomic E-state index is 5.02. The van der Waals surface area contributed by atoms with Crippen LogP contribution in [0.3, 0.4) is 0 Å². The van der Waals surface area contributed by atoms with E-state index in [4.69, 9.17) is 9.97 Å². The average molecular weight is 443 g/mol. The Balaban J connectivity index is 2.12. The van der Waals surface area contributed by atoms with E-state index in [9.17, 15) is 0 Å². The van der Waals surface area contributed by atoms with E-state index in [1.165, 1.54) is 5.56 Å². The molecule has 0 aliphatic rings. The van der Waals surface area contributed by atoms with Crippen LogP contribution in [0.4, 0.5) is 11.6 Å². The molecular weight excluding hydrogens is 412 g/mol. The molecule has 3 rings (SSSR count). The predicted molar refractivity (Wildman–Crippen MR) is 123 cm³/mol. The van der Waals surface area contributed by atoms with E-state index in [0.717, 1.165) is 52.2 Å². The van der Waals surface area contributed by atoms with Crippen molar-refractivity contribution >= 4 is 38.6 Å². The molecule has 0 radical (unpaired) electrons. The molecular formula is C23H31BrN4. The van der Waals surface area contributed by atoms with E-state index in [0.29, 0.717) is 12.0 Å². The topological polar surface area (TPSA) is 34.0 Å². The van der Waals surface area contributed by atoms with Gasteiger partial charge in [-0.25, -0.2) is 4.98 Å². The van der Waals surface area contributed by atoms with Gasteiger partial charge in [-0.3, -0.25) is 0 Å². The number of fused-ring (bicyclic) bond motifs is 1. The van der Waals surface area contributed by atoms with E-state index in [-0.39, 0.29) is 0 Å². The molecule has 2 aromatic heterocycles. The van der Waals surface area contributed by atoms with Crippen LogP contribution in [0.1, 0.15) is 70.7 Å². The van der Waals surface area contributed by atoms with Crippen molar-refractivity contribution in [3.8, 4) is 0 Å². The first-order chi connectivity index (χ1) is 13.4. The average Bonchev–Trinajstić information content (AvgIpc) is 3.09. The number of aryl methyl sites for hydroxylation is 1. The number of hydrogen-bond acceptors (Lipinski definition) is 3. The largest absolute Gasteiger partial charge is 0.329 e. The third-order valence-electron chi connectivity index (χ3n) is 5.57. The lowest BCUT2D eigenvalue weighted by molar-refractivity contribution is 0.483. The van der Waals surface area contributed by atoms with E-state index in [2.05, 4.69) is 97.4 Å². The summed E-state index contributed by atoms with van der Waals surface area (Å²) in [6.45, 7) is 13.9. The van der Waals surface area contributed by atoms with Crippen molar-refractivity contribution in [1.29, 1.82) is 0 Å². The normalized spacial score (nSPS) is 11.8. The fraction of sp³-hybridized carbons (Fsp3) is 0.478. The van der Waals surface area contributed by atoms with Gasteiger partial charge in [0.2, 0.25) is 5.95 Å². The van der Waals surface area contributed by atoms with Crippen LogP contribution in [0.15, 0.2) is 34.9 Å². The highest BCUT2D eigenvalue weighted by Gasteiger charge is 2.19. The Bertz CT molecular complexity index is 957. The van der Waals surface area contributed by atoms with Gasteiger partial charge in [-0.05, 0) is 72.3 Å². The third kappa shape index (κ3) is 3.82. The van der Waals surface area contributed by atoms with Gasteiger partial charge in [0.1, 0.15) is 5.65 Å². The number of hydrogen-bond donors (Lipinski definition) is 0. The van der Waals surface area contributed by atoms with Crippen LogP contribution in [0.5, 0.6) is 0 Å². The zero-order valence-electron chi connectivity index (χ0n) is 17.8. The molecule has 150 valence electrons. The molecule has 0 fully saturated rings. The Kier molecular flexibility index (Phi) is 6.43. The highest BCUT2D eigenvalue weighted by Crippen LogP contribution is 2.34. The van der Waals surface area contributed by atoms with Crippen molar-refractivity contribution in [2.24, 2.45) is 0 Å². The van der Waals surface area contributed by atoms with Crippen molar-refractivity contribution < 1.29 is 0 Å². The Morgan fingerprint density at radius 1 is 1.07 bits per heavy atom. The first-order valence-electron chi connectivity index (χ1n) is 10.3. The Labute approximate surface area is 177 Å². The summed E-state index contributed by atoms with van der Waals surface area (Å²) < 4.78 is 3.40. The van der Waals surface area contributed by atoms with Gasteiger partial charge in [0.25, 0.3) is 0 Å². The second-order valence-corrected chi connectivity index (χ2v) is 8.50. The number of aromatic nitrogens is 3. The number of anilines is 2. The molecule has 0 amide bonds. The van der Waals surface area contributed by atoms with Crippen molar-refractivity contribution in [3.63, 3.8) is 0 Å². The minimum atomic E-state index is 0.465. The third-order valence-corrected chi connectivity index (χ3v) is 6.21. The van der Waals surface area contributed by atoms with Crippen LogP contribution < -0.4 is 4.90 Å².